The number of carbonyl (C=O) groups excluding carboxylic acids is 2. The van der Waals surface area contributed by atoms with Gasteiger partial charge in [-0.1, -0.05) is 158 Å². The van der Waals surface area contributed by atoms with Gasteiger partial charge in [-0.05, 0) is 70.6 Å². The number of hydrogen-bond donors (Lipinski definition) is 6. The van der Waals surface area contributed by atoms with Gasteiger partial charge >= 0.3 is 19.8 Å². The molecule has 13 nitrogen and oxygen atoms in total. The van der Waals surface area contributed by atoms with E-state index in [4.69, 9.17) is 18.5 Å². The van der Waals surface area contributed by atoms with Gasteiger partial charge in [0.05, 0.1) is 6.61 Å². The van der Waals surface area contributed by atoms with E-state index in [1.54, 1.807) is 0 Å². The van der Waals surface area contributed by atoms with Crippen LogP contribution in [-0.2, 0) is 32.7 Å². The van der Waals surface area contributed by atoms with Crippen molar-refractivity contribution in [2.45, 2.75) is 224 Å². The summed E-state index contributed by atoms with van der Waals surface area (Å²) < 4.78 is 33.5. The second-order valence-electron chi connectivity index (χ2n) is 16.6. The molecule has 0 radical (unpaired) electrons. The predicted octanol–water partition coefficient (Wildman–Crippen LogP) is 9.73. The van der Waals surface area contributed by atoms with Crippen molar-refractivity contribution in [3.8, 4) is 0 Å². The molecule has 14 heteroatoms. The molecule has 0 saturated heterocycles. The van der Waals surface area contributed by atoms with Gasteiger partial charge in [0.2, 0.25) is 0 Å². The van der Waals surface area contributed by atoms with E-state index >= 15 is 0 Å². The van der Waals surface area contributed by atoms with Gasteiger partial charge in [-0.25, -0.2) is 4.57 Å². The number of aliphatic hydroxyl groups is 5. The first kappa shape index (κ1) is 58.6. The van der Waals surface area contributed by atoms with Gasteiger partial charge in [-0.2, -0.15) is 0 Å². The Morgan fingerprint density at radius 3 is 1.40 bits per heavy atom. The first-order valence-corrected chi connectivity index (χ1v) is 25.6. The highest BCUT2D eigenvalue weighted by atomic mass is 31.2. The minimum absolute atomic E-state index is 0.0874. The summed E-state index contributed by atoms with van der Waals surface area (Å²) in [6.45, 7) is 3.13. The summed E-state index contributed by atoms with van der Waals surface area (Å²) in [5.74, 6) is -1.12. The maximum Gasteiger partial charge on any atom is 0.472 e. The maximum atomic E-state index is 12.8. The summed E-state index contributed by atoms with van der Waals surface area (Å²) in [6.07, 6.45) is 34.2. The topological polar surface area (TPSA) is 210 Å². The van der Waals surface area contributed by atoms with Crippen LogP contribution in [0, 0.1) is 0 Å². The van der Waals surface area contributed by atoms with Crippen molar-refractivity contribution >= 4 is 19.8 Å². The standard InChI is InChI=1S/C49H85O13P/c1-3-5-7-9-11-13-15-16-17-18-19-20-21-22-23-24-25-26-28-30-32-34-36-38-43(51)61-41(39-59-42(50)37-35-33-31-29-27-14-12-10-8-6-4-2)40-60-63(57,58)62-49-47(55)45(53)44(52)46(54)48(49)56/h5,7,10-13,16-17,19-20,41,44-49,52-56H,3-4,6,8-9,14-15,18,21-40H2,1-2H3,(H,57,58)/b7-5-,12-10-,13-11-,17-16-,20-19-. The highest BCUT2D eigenvalue weighted by Crippen LogP contribution is 2.47. The van der Waals surface area contributed by atoms with Crippen molar-refractivity contribution < 1.29 is 63.1 Å². The lowest BCUT2D eigenvalue weighted by atomic mass is 9.85. The Balaban J connectivity index is 2.39. The molecule has 1 fully saturated rings. The van der Waals surface area contributed by atoms with Crippen molar-refractivity contribution in [3.63, 3.8) is 0 Å². The van der Waals surface area contributed by atoms with Crippen molar-refractivity contribution in [3.05, 3.63) is 60.8 Å². The zero-order chi connectivity index (χ0) is 46.4. The van der Waals surface area contributed by atoms with Gasteiger partial charge < -0.3 is 39.9 Å². The van der Waals surface area contributed by atoms with Crippen LogP contribution in [0.5, 0.6) is 0 Å². The fraction of sp³-hybridized carbons (Fsp3) is 0.755. The molecule has 0 aliphatic heterocycles. The van der Waals surface area contributed by atoms with Crippen LogP contribution in [0.3, 0.4) is 0 Å². The lowest BCUT2D eigenvalue weighted by molar-refractivity contribution is -0.220. The molecule has 0 aromatic carbocycles. The van der Waals surface area contributed by atoms with Crippen molar-refractivity contribution in [2.24, 2.45) is 0 Å². The summed E-state index contributed by atoms with van der Waals surface area (Å²) in [6, 6.07) is 0. The largest absolute Gasteiger partial charge is 0.472 e. The van der Waals surface area contributed by atoms with E-state index in [2.05, 4.69) is 74.6 Å². The van der Waals surface area contributed by atoms with E-state index < -0.39 is 75.7 Å². The van der Waals surface area contributed by atoms with E-state index in [9.17, 15) is 44.6 Å². The third-order valence-corrected chi connectivity index (χ3v) is 11.8. The second kappa shape index (κ2) is 38.8. The lowest BCUT2D eigenvalue weighted by Gasteiger charge is -2.41. The predicted molar refractivity (Wildman–Crippen MR) is 249 cm³/mol. The number of unbranched alkanes of at least 4 members (excludes halogenated alkanes) is 17. The molecule has 0 aromatic rings. The summed E-state index contributed by atoms with van der Waals surface area (Å²) in [7, 11) is -5.12. The van der Waals surface area contributed by atoms with Crippen LogP contribution in [0.2, 0.25) is 0 Å². The van der Waals surface area contributed by atoms with Crippen LogP contribution in [0.15, 0.2) is 60.8 Å². The normalized spacial score (nSPS) is 22.2. The quantitative estimate of drug-likeness (QED) is 0.0147. The summed E-state index contributed by atoms with van der Waals surface area (Å²) >= 11 is 0. The molecule has 1 rings (SSSR count). The van der Waals surface area contributed by atoms with Crippen LogP contribution in [0.1, 0.15) is 181 Å². The van der Waals surface area contributed by atoms with E-state index in [-0.39, 0.29) is 12.8 Å². The summed E-state index contributed by atoms with van der Waals surface area (Å²) in [5.41, 5.74) is 0. The molecular formula is C49H85O13P. The first-order valence-electron chi connectivity index (χ1n) is 24.1. The van der Waals surface area contributed by atoms with Gasteiger partial charge in [0.25, 0.3) is 0 Å². The molecule has 0 heterocycles. The smallest absolute Gasteiger partial charge is 0.462 e. The Morgan fingerprint density at radius 2 is 0.905 bits per heavy atom. The minimum Gasteiger partial charge on any atom is -0.462 e. The van der Waals surface area contributed by atoms with Crippen LogP contribution < -0.4 is 0 Å². The number of phosphoric ester groups is 1. The molecule has 0 spiro atoms. The number of hydrogen-bond acceptors (Lipinski definition) is 12. The Bertz CT molecular complexity index is 1330. The molecule has 1 aliphatic rings. The lowest BCUT2D eigenvalue weighted by Crippen LogP contribution is -2.64. The molecule has 0 amide bonds. The number of carbonyl (C=O) groups is 2. The van der Waals surface area contributed by atoms with E-state index in [0.717, 1.165) is 96.3 Å². The second-order valence-corrected chi connectivity index (χ2v) is 18.0. The van der Waals surface area contributed by atoms with E-state index in [1.165, 1.54) is 44.9 Å². The van der Waals surface area contributed by atoms with Crippen LogP contribution in [-0.4, -0.2) is 98.3 Å². The van der Waals surface area contributed by atoms with Crippen LogP contribution >= 0.6 is 7.82 Å². The third-order valence-electron chi connectivity index (χ3n) is 10.8. The number of aliphatic hydroxyl groups excluding tert-OH is 5. The average Bonchev–Trinajstić information content (AvgIpc) is 3.26. The molecule has 0 aromatic heterocycles. The van der Waals surface area contributed by atoms with Crippen molar-refractivity contribution in [2.75, 3.05) is 13.2 Å². The zero-order valence-corrected chi connectivity index (χ0v) is 39.5. The molecule has 0 bridgehead atoms. The number of ether oxygens (including phenoxy) is 2. The molecule has 1 saturated carbocycles. The number of rotatable bonds is 39. The van der Waals surface area contributed by atoms with E-state index in [1.807, 2.05) is 0 Å². The molecule has 6 atom stereocenters. The van der Waals surface area contributed by atoms with Gasteiger partial charge in [0.15, 0.2) is 6.10 Å². The van der Waals surface area contributed by atoms with Crippen molar-refractivity contribution in [1.29, 1.82) is 0 Å². The summed E-state index contributed by atoms with van der Waals surface area (Å²) in [4.78, 5) is 35.7. The molecule has 6 N–H and O–H groups in total. The van der Waals surface area contributed by atoms with Crippen LogP contribution in [0.4, 0.5) is 0 Å². The fourth-order valence-electron chi connectivity index (χ4n) is 6.96. The van der Waals surface area contributed by atoms with E-state index in [0.29, 0.717) is 12.8 Å². The first-order chi connectivity index (χ1) is 30.4. The highest BCUT2D eigenvalue weighted by molar-refractivity contribution is 7.47. The molecule has 364 valence electrons. The zero-order valence-electron chi connectivity index (χ0n) is 38.6. The molecular weight excluding hydrogens is 828 g/mol. The minimum atomic E-state index is -5.12. The Labute approximate surface area is 379 Å². The van der Waals surface area contributed by atoms with Gasteiger partial charge in [-0.3, -0.25) is 18.6 Å². The number of esters is 2. The number of phosphoric acid groups is 1. The van der Waals surface area contributed by atoms with Gasteiger partial charge in [0, 0.05) is 12.8 Å². The maximum absolute atomic E-state index is 12.8. The van der Waals surface area contributed by atoms with Gasteiger partial charge in [-0.15, -0.1) is 0 Å². The van der Waals surface area contributed by atoms with Gasteiger partial charge in [0.1, 0.15) is 43.2 Å². The monoisotopic (exact) mass is 913 g/mol. The number of allylic oxidation sites excluding steroid dienone is 10. The third kappa shape index (κ3) is 31.2. The Morgan fingerprint density at radius 1 is 0.508 bits per heavy atom. The SMILES string of the molecule is CC/C=C\C/C=C\C/C=C\C/C=C\CCCCCCCCCCCCC(=O)OC(COC(=O)CCCCCCC/C=C\CCCC)COP(=O)(O)OC1C(O)C(O)C(O)C(O)C1O. The Kier molecular flexibility index (Phi) is 36.1. The average molecular weight is 913 g/mol. The van der Waals surface area contributed by atoms with Crippen molar-refractivity contribution in [1.82, 2.24) is 0 Å². The van der Waals surface area contributed by atoms with Crippen LogP contribution in [0.25, 0.3) is 0 Å². The molecule has 63 heavy (non-hydrogen) atoms. The highest BCUT2D eigenvalue weighted by Gasteiger charge is 2.51. The fourth-order valence-corrected chi connectivity index (χ4v) is 7.94. The summed E-state index contributed by atoms with van der Waals surface area (Å²) in [5, 5.41) is 50.2. The Hall–Kier alpha value is -2.45. The molecule has 1 aliphatic carbocycles. The molecule has 6 unspecified atom stereocenters.